The summed E-state index contributed by atoms with van der Waals surface area (Å²) in [6.45, 7) is 8.75. The van der Waals surface area contributed by atoms with Crippen molar-refractivity contribution in [2.24, 2.45) is 0 Å². The van der Waals surface area contributed by atoms with Crippen LogP contribution in [0.2, 0.25) is 0 Å². The topological polar surface area (TPSA) is 9.23 Å². The Labute approximate surface area is 106 Å². The highest BCUT2D eigenvalue weighted by molar-refractivity contribution is 9.11. The van der Waals surface area contributed by atoms with Gasteiger partial charge in [-0.3, -0.25) is 0 Å². The number of halogens is 1. The minimum Gasteiger partial charge on any atom is -0.364 e. The predicted octanol–water partition coefficient (Wildman–Crippen LogP) is 3.58. The Bertz CT molecular complexity index is 438. The highest BCUT2D eigenvalue weighted by Crippen LogP contribution is 2.08. The first-order valence-corrected chi connectivity index (χ1v) is 5.86. The van der Waals surface area contributed by atoms with Crippen molar-refractivity contribution in [3.63, 3.8) is 0 Å². The lowest BCUT2D eigenvalue weighted by Crippen LogP contribution is -1.93. The monoisotopic (exact) mass is 278 g/mol. The van der Waals surface area contributed by atoms with Crippen molar-refractivity contribution in [3.05, 3.63) is 46.0 Å². The van der Waals surface area contributed by atoms with Gasteiger partial charge in [-0.25, -0.2) is 0 Å². The van der Waals surface area contributed by atoms with E-state index in [-0.39, 0.29) is 0 Å². The summed E-state index contributed by atoms with van der Waals surface area (Å²) < 4.78 is 6.09. The molecule has 0 aliphatic carbocycles. The number of benzene rings is 1. The normalized spacial score (nSPS) is 9.44. The third kappa shape index (κ3) is 4.65. The summed E-state index contributed by atoms with van der Waals surface area (Å²) >= 11 is 3.22. The van der Waals surface area contributed by atoms with Crippen LogP contribution in [0.4, 0.5) is 0 Å². The van der Waals surface area contributed by atoms with Gasteiger partial charge in [0, 0.05) is 10.0 Å². The van der Waals surface area contributed by atoms with Crippen LogP contribution in [-0.4, -0.2) is 13.2 Å². The van der Waals surface area contributed by atoms with E-state index >= 15 is 0 Å². The van der Waals surface area contributed by atoms with Crippen LogP contribution in [0.25, 0.3) is 0 Å². The molecule has 2 heteroatoms. The average Bonchev–Trinajstić information content (AvgIpc) is 2.20. The van der Waals surface area contributed by atoms with E-state index < -0.39 is 0 Å². The van der Waals surface area contributed by atoms with Crippen LogP contribution in [0.1, 0.15) is 16.7 Å². The van der Waals surface area contributed by atoms with E-state index in [1.807, 2.05) is 6.07 Å². The molecule has 0 spiro atoms. The largest absolute Gasteiger partial charge is 0.364 e. The van der Waals surface area contributed by atoms with Gasteiger partial charge in [-0.05, 0) is 25.5 Å². The van der Waals surface area contributed by atoms with E-state index in [0.29, 0.717) is 13.2 Å². The second-order valence-corrected chi connectivity index (χ2v) is 4.75. The molecule has 0 aromatic heterocycles. The SMILES string of the molecule is C=C(Br)COCC#Cc1ccc(C)cc1C. The lowest BCUT2D eigenvalue weighted by molar-refractivity contribution is 0.198. The number of hydrogen-bond donors (Lipinski definition) is 0. The summed E-state index contributed by atoms with van der Waals surface area (Å²) in [4.78, 5) is 0. The molecular weight excluding hydrogens is 264 g/mol. The second kappa shape index (κ2) is 6.52. The zero-order valence-electron chi connectivity index (χ0n) is 9.64. The minimum absolute atomic E-state index is 0.429. The molecule has 0 amide bonds. The summed E-state index contributed by atoms with van der Waals surface area (Å²) in [5.74, 6) is 6.08. The van der Waals surface area contributed by atoms with Crippen molar-refractivity contribution in [2.75, 3.05) is 13.2 Å². The maximum absolute atomic E-state index is 5.26. The lowest BCUT2D eigenvalue weighted by Gasteiger charge is -1.99. The molecule has 1 nitrogen and oxygen atoms in total. The lowest BCUT2D eigenvalue weighted by atomic mass is 10.1. The summed E-state index contributed by atoms with van der Waals surface area (Å²) in [5.41, 5.74) is 3.53. The molecule has 0 fully saturated rings. The van der Waals surface area contributed by atoms with Crippen LogP contribution in [0, 0.1) is 25.7 Å². The molecule has 1 aromatic rings. The molecule has 0 bridgehead atoms. The van der Waals surface area contributed by atoms with Gasteiger partial charge in [0.1, 0.15) is 6.61 Å². The molecule has 1 aromatic carbocycles. The highest BCUT2D eigenvalue weighted by atomic mass is 79.9. The summed E-state index contributed by atoms with van der Waals surface area (Å²) in [7, 11) is 0. The fourth-order valence-electron chi connectivity index (χ4n) is 1.30. The van der Waals surface area contributed by atoms with E-state index in [9.17, 15) is 0 Å². The number of rotatable bonds is 3. The molecule has 0 saturated heterocycles. The quantitative estimate of drug-likeness (QED) is 0.607. The van der Waals surface area contributed by atoms with Crippen LogP contribution in [0.3, 0.4) is 0 Å². The molecule has 84 valence electrons. The second-order valence-electron chi connectivity index (χ2n) is 3.63. The van der Waals surface area contributed by atoms with Gasteiger partial charge in [0.25, 0.3) is 0 Å². The first kappa shape index (κ1) is 13.0. The van der Waals surface area contributed by atoms with Gasteiger partial charge in [0.15, 0.2) is 0 Å². The Morgan fingerprint density at radius 3 is 2.81 bits per heavy atom. The van der Waals surface area contributed by atoms with E-state index in [1.54, 1.807) is 0 Å². The van der Waals surface area contributed by atoms with E-state index in [1.165, 1.54) is 11.1 Å². The van der Waals surface area contributed by atoms with Crippen LogP contribution in [-0.2, 0) is 4.74 Å². The Kier molecular flexibility index (Phi) is 5.31. The predicted molar refractivity (Wildman–Crippen MR) is 71.7 cm³/mol. The molecule has 0 radical (unpaired) electrons. The fraction of sp³-hybridized carbons (Fsp3) is 0.286. The number of ether oxygens (including phenoxy) is 1. The van der Waals surface area contributed by atoms with Gasteiger partial charge < -0.3 is 4.74 Å². The molecule has 0 aliphatic rings. The van der Waals surface area contributed by atoms with Crippen molar-refractivity contribution in [1.82, 2.24) is 0 Å². The Hall–Kier alpha value is -1.04. The molecule has 0 unspecified atom stereocenters. The van der Waals surface area contributed by atoms with Crippen molar-refractivity contribution in [1.29, 1.82) is 0 Å². The van der Waals surface area contributed by atoms with Crippen LogP contribution in [0.5, 0.6) is 0 Å². The number of aryl methyl sites for hydroxylation is 2. The average molecular weight is 279 g/mol. The Balaban J connectivity index is 2.53. The zero-order valence-corrected chi connectivity index (χ0v) is 11.2. The Morgan fingerprint density at radius 2 is 2.19 bits per heavy atom. The van der Waals surface area contributed by atoms with Crippen LogP contribution >= 0.6 is 15.9 Å². The van der Waals surface area contributed by atoms with Crippen LogP contribution in [0.15, 0.2) is 29.3 Å². The van der Waals surface area contributed by atoms with Crippen molar-refractivity contribution in [2.45, 2.75) is 13.8 Å². The maximum Gasteiger partial charge on any atom is 0.108 e. The Morgan fingerprint density at radius 1 is 1.44 bits per heavy atom. The fourth-order valence-corrected chi connectivity index (χ4v) is 1.46. The van der Waals surface area contributed by atoms with Crippen molar-refractivity contribution >= 4 is 15.9 Å². The molecule has 16 heavy (non-hydrogen) atoms. The zero-order chi connectivity index (χ0) is 12.0. The van der Waals surface area contributed by atoms with Gasteiger partial charge >= 0.3 is 0 Å². The first-order chi connectivity index (χ1) is 7.59. The molecule has 0 saturated carbocycles. The van der Waals surface area contributed by atoms with Crippen LogP contribution < -0.4 is 0 Å². The van der Waals surface area contributed by atoms with Gasteiger partial charge in [0.2, 0.25) is 0 Å². The highest BCUT2D eigenvalue weighted by Gasteiger charge is 1.93. The maximum atomic E-state index is 5.26. The van der Waals surface area contributed by atoms with Gasteiger partial charge in [0.05, 0.1) is 6.61 Å². The molecular formula is C14H15BrO. The first-order valence-electron chi connectivity index (χ1n) is 5.07. The molecule has 1 rings (SSSR count). The summed E-state index contributed by atoms with van der Waals surface area (Å²) in [6, 6.07) is 6.24. The van der Waals surface area contributed by atoms with Crippen molar-refractivity contribution < 1.29 is 4.74 Å². The molecule has 0 N–H and O–H groups in total. The smallest absolute Gasteiger partial charge is 0.108 e. The van der Waals surface area contributed by atoms with E-state index in [2.05, 4.69) is 60.3 Å². The van der Waals surface area contributed by atoms with Crippen molar-refractivity contribution in [3.8, 4) is 11.8 Å². The third-order valence-electron chi connectivity index (χ3n) is 2.04. The number of hydrogen-bond acceptors (Lipinski definition) is 1. The minimum atomic E-state index is 0.429. The van der Waals surface area contributed by atoms with Gasteiger partial charge in [-0.1, -0.05) is 52.0 Å². The molecule has 0 atom stereocenters. The third-order valence-corrected chi connectivity index (χ3v) is 2.27. The van der Waals surface area contributed by atoms with E-state index in [4.69, 9.17) is 4.74 Å². The molecule has 0 aliphatic heterocycles. The molecule has 0 heterocycles. The summed E-state index contributed by atoms with van der Waals surface area (Å²) in [6.07, 6.45) is 0. The van der Waals surface area contributed by atoms with Gasteiger partial charge in [-0.2, -0.15) is 0 Å². The summed E-state index contributed by atoms with van der Waals surface area (Å²) in [5, 5.41) is 0. The van der Waals surface area contributed by atoms with E-state index in [0.717, 1.165) is 10.0 Å². The van der Waals surface area contributed by atoms with Gasteiger partial charge in [-0.15, -0.1) is 0 Å². The standard InChI is InChI=1S/C14H15BrO/c1-11-6-7-14(12(2)9-11)5-4-8-16-10-13(3)15/h6-7,9H,3,8,10H2,1-2H3.